The summed E-state index contributed by atoms with van der Waals surface area (Å²) in [6, 6.07) is 0. The Morgan fingerprint density at radius 1 is 1.06 bits per heavy atom. The predicted molar refractivity (Wildman–Crippen MR) is 48.4 cm³/mol. The Bertz CT molecular complexity index is 230. The molecule has 5 nitrogen and oxygen atoms in total. The van der Waals surface area contributed by atoms with E-state index in [2.05, 4.69) is 4.90 Å². The summed E-state index contributed by atoms with van der Waals surface area (Å²) in [5.41, 5.74) is 0. The number of aliphatic carboxylic acids is 2. The third kappa shape index (κ3) is 7.82. The SMILES string of the molecule is O=C([O-])C(CCCN1CCCC1)C(=O)[O-].[Na+].[Na+]. The normalized spacial score (nSPS) is 15.1. The quantitative estimate of drug-likeness (QED) is 0.349. The molecule has 1 aliphatic heterocycles. The van der Waals surface area contributed by atoms with Gasteiger partial charge >= 0.3 is 59.1 Å². The van der Waals surface area contributed by atoms with Crippen LogP contribution >= 0.6 is 0 Å². The second-order valence-corrected chi connectivity index (χ2v) is 3.88. The predicted octanol–water partition coefficient (Wildman–Crippen LogP) is -8.01. The molecule has 0 aromatic carbocycles. The van der Waals surface area contributed by atoms with E-state index in [0.29, 0.717) is 6.42 Å². The molecule has 1 fully saturated rings. The van der Waals surface area contributed by atoms with Gasteiger partial charge in [0.05, 0.1) is 11.9 Å². The second-order valence-electron chi connectivity index (χ2n) is 3.88. The van der Waals surface area contributed by atoms with Gasteiger partial charge in [-0.25, -0.2) is 0 Å². The van der Waals surface area contributed by atoms with Crippen molar-refractivity contribution in [3.8, 4) is 0 Å². The number of hydrogen-bond acceptors (Lipinski definition) is 5. The summed E-state index contributed by atoms with van der Waals surface area (Å²) in [4.78, 5) is 23.1. The molecule has 0 aliphatic carbocycles. The first kappa shape index (κ1) is 20.2. The van der Waals surface area contributed by atoms with E-state index in [0.717, 1.165) is 19.6 Å². The van der Waals surface area contributed by atoms with Crippen LogP contribution in [-0.2, 0) is 9.59 Å². The van der Waals surface area contributed by atoms with Crippen molar-refractivity contribution in [2.45, 2.75) is 25.7 Å². The van der Waals surface area contributed by atoms with Crippen LogP contribution in [0, 0.1) is 5.92 Å². The number of carboxylic acids is 2. The monoisotopic (exact) mass is 259 g/mol. The molecule has 0 aromatic heterocycles. The molecule has 0 amide bonds. The van der Waals surface area contributed by atoms with Gasteiger partial charge < -0.3 is 24.7 Å². The van der Waals surface area contributed by atoms with Crippen molar-refractivity contribution < 1.29 is 78.9 Å². The van der Waals surface area contributed by atoms with Crippen molar-refractivity contribution in [2.24, 2.45) is 5.92 Å². The van der Waals surface area contributed by atoms with Crippen molar-refractivity contribution in [3.05, 3.63) is 0 Å². The standard InChI is InChI=1S/C10H17NO4.2Na/c12-9(13)8(10(14)15)4-3-7-11-5-1-2-6-11;;/h8H,1-7H2,(H,12,13)(H,14,15);;/q;2*+1/p-2. The molecule has 86 valence electrons. The zero-order valence-electron chi connectivity index (χ0n) is 10.6. The van der Waals surface area contributed by atoms with Crippen LogP contribution in [0.3, 0.4) is 0 Å². The van der Waals surface area contributed by atoms with Crippen molar-refractivity contribution in [1.82, 2.24) is 4.90 Å². The summed E-state index contributed by atoms with van der Waals surface area (Å²) >= 11 is 0. The van der Waals surface area contributed by atoms with Gasteiger partial charge in [0, 0.05) is 5.92 Å². The molecule has 0 N–H and O–H groups in total. The molecule has 7 heteroatoms. The molecule has 0 saturated carbocycles. The number of nitrogens with zero attached hydrogens (tertiary/aromatic N) is 1. The first-order valence-electron chi connectivity index (χ1n) is 5.25. The smallest absolute Gasteiger partial charge is 0.549 e. The molecule has 1 aliphatic rings. The maximum atomic E-state index is 10.4. The van der Waals surface area contributed by atoms with E-state index in [1.54, 1.807) is 0 Å². The third-order valence-corrected chi connectivity index (χ3v) is 2.73. The first-order valence-corrected chi connectivity index (χ1v) is 5.25. The van der Waals surface area contributed by atoms with Crippen LogP contribution in [0.4, 0.5) is 0 Å². The van der Waals surface area contributed by atoms with Gasteiger partial charge in [0.25, 0.3) is 0 Å². The second kappa shape index (κ2) is 10.8. The first-order chi connectivity index (χ1) is 7.11. The molecule has 0 bridgehead atoms. The van der Waals surface area contributed by atoms with Crippen molar-refractivity contribution in [1.29, 1.82) is 0 Å². The fourth-order valence-corrected chi connectivity index (χ4v) is 1.86. The minimum absolute atomic E-state index is 0. The largest absolute Gasteiger partial charge is 1.00 e. The molecule has 0 spiro atoms. The average Bonchev–Trinajstić information content (AvgIpc) is 2.63. The number of rotatable bonds is 6. The van der Waals surface area contributed by atoms with E-state index in [1.165, 1.54) is 12.8 Å². The minimum atomic E-state index is -1.54. The van der Waals surface area contributed by atoms with E-state index in [-0.39, 0.29) is 65.5 Å². The molecule has 17 heavy (non-hydrogen) atoms. The summed E-state index contributed by atoms with van der Waals surface area (Å²) < 4.78 is 0. The van der Waals surface area contributed by atoms with E-state index >= 15 is 0 Å². The fraction of sp³-hybridized carbons (Fsp3) is 0.800. The number of likely N-dealkylation sites (tertiary alicyclic amines) is 1. The summed E-state index contributed by atoms with van der Waals surface area (Å²) in [5, 5.41) is 20.8. The zero-order chi connectivity index (χ0) is 11.3. The minimum Gasteiger partial charge on any atom is -0.549 e. The van der Waals surface area contributed by atoms with Crippen LogP contribution in [-0.4, -0.2) is 36.5 Å². The zero-order valence-corrected chi connectivity index (χ0v) is 14.6. The Kier molecular flexibility index (Phi) is 12.8. The molecular formula is C10H15NNa2O4. The molecule has 0 aromatic rings. The topological polar surface area (TPSA) is 83.5 Å². The Hall–Kier alpha value is 0.900. The Balaban J connectivity index is 0. The van der Waals surface area contributed by atoms with Gasteiger partial charge in [-0.05, 0) is 45.3 Å². The fourth-order valence-electron chi connectivity index (χ4n) is 1.86. The number of hydrogen-bond donors (Lipinski definition) is 0. The molecule has 1 heterocycles. The van der Waals surface area contributed by atoms with Gasteiger partial charge in [-0.15, -0.1) is 0 Å². The molecule has 0 atom stereocenters. The van der Waals surface area contributed by atoms with Gasteiger partial charge in [0.2, 0.25) is 0 Å². The van der Waals surface area contributed by atoms with Gasteiger partial charge in [-0.1, -0.05) is 0 Å². The van der Waals surface area contributed by atoms with Gasteiger partial charge in [0.15, 0.2) is 0 Å². The third-order valence-electron chi connectivity index (χ3n) is 2.73. The molecule has 1 rings (SSSR count). The molecular weight excluding hydrogens is 244 g/mol. The molecule has 0 radical (unpaired) electrons. The molecule has 0 unspecified atom stereocenters. The van der Waals surface area contributed by atoms with Gasteiger partial charge in [-0.2, -0.15) is 0 Å². The van der Waals surface area contributed by atoms with E-state index in [9.17, 15) is 19.8 Å². The van der Waals surface area contributed by atoms with Crippen LogP contribution < -0.4 is 69.3 Å². The van der Waals surface area contributed by atoms with Crippen LogP contribution in [0.25, 0.3) is 0 Å². The van der Waals surface area contributed by atoms with E-state index in [1.807, 2.05) is 0 Å². The Morgan fingerprint density at radius 3 is 1.94 bits per heavy atom. The van der Waals surface area contributed by atoms with E-state index < -0.39 is 17.9 Å². The summed E-state index contributed by atoms with van der Waals surface area (Å²) in [6.45, 7) is 2.82. The van der Waals surface area contributed by atoms with Crippen LogP contribution in [0.5, 0.6) is 0 Å². The number of carbonyl (C=O) groups is 2. The molecule has 1 saturated heterocycles. The van der Waals surface area contributed by atoms with Crippen LogP contribution in [0.15, 0.2) is 0 Å². The Labute approximate surface area is 146 Å². The summed E-state index contributed by atoms with van der Waals surface area (Å²) in [5.74, 6) is -4.56. The van der Waals surface area contributed by atoms with Crippen molar-refractivity contribution in [2.75, 3.05) is 19.6 Å². The number of carboxylic acid groups (broad SMARTS) is 2. The summed E-state index contributed by atoms with van der Waals surface area (Å²) in [7, 11) is 0. The van der Waals surface area contributed by atoms with Crippen molar-refractivity contribution >= 4 is 11.9 Å². The van der Waals surface area contributed by atoms with E-state index in [4.69, 9.17) is 0 Å². The van der Waals surface area contributed by atoms with Gasteiger partial charge in [0.1, 0.15) is 0 Å². The number of carbonyl (C=O) groups excluding carboxylic acids is 2. The average molecular weight is 259 g/mol. The maximum Gasteiger partial charge on any atom is 1.00 e. The van der Waals surface area contributed by atoms with Gasteiger partial charge in [-0.3, -0.25) is 0 Å². The summed E-state index contributed by atoms with van der Waals surface area (Å²) in [6.07, 6.45) is 3.00. The van der Waals surface area contributed by atoms with Crippen LogP contribution in [0.2, 0.25) is 0 Å². The Morgan fingerprint density at radius 2 is 1.53 bits per heavy atom. The van der Waals surface area contributed by atoms with Crippen molar-refractivity contribution in [3.63, 3.8) is 0 Å². The van der Waals surface area contributed by atoms with Crippen LogP contribution in [0.1, 0.15) is 25.7 Å². The maximum absolute atomic E-state index is 10.4.